The zero-order valence-corrected chi connectivity index (χ0v) is 11.8. The molecule has 19 heavy (non-hydrogen) atoms. The molecule has 3 rings (SSSR count). The highest BCUT2D eigenvalue weighted by Gasteiger charge is 2.27. The van der Waals surface area contributed by atoms with E-state index in [-0.39, 0.29) is 17.9 Å². The van der Waals surface area contributed by atoms with Gasteiger partial charge in [-0.05, 0) is 51.7 Å². The number of fused-ring (bicyclic) bond motifs is 1. The minimum absolute atomic E-state index is 0.0500. The quantitative estimate of drug-likeness (QED) is 0.872. The van der Waals surface area contributed by atoms with E-state index in [9.17, 15) is 4.39 Å². The summed E-state index contributed by atoms with van der Waals surface area (Å²) in [6, 6.07) is 13.4. The van der Waals surface area contributed by atoms with Crippen LogP contribution in [0.25, 0.3) is 0 Å². The minimum atomic E-state index is -0.263. The maximum atomic E-state index is 13.5. The summed E-state index contributed by atoms with van der Waals surface area (Å²) < 4.78 is 14.0. The maximum Gasteiger partial charge on any atom is 0.139 e. The van der Waals surface area contributed by atoms with E-state index in [1.807, 2.05) is 18.2 Å². The van der Waals surface area contributed by atoms with Crippen LogP contribution in [0.5, 0.6) is 0 Å². The molecule has 2 aromatic carbocycles. The molecule has 2 aromatic rings. The van der Waals surface area contributed by atoms with Crippen LogP contribution in [0, 0.1) is 5.82 Å². The Morgan fingerprint density at radius 1 is 1.16 bits per heavy atom. The van der Waals surface area contributed by atoms with Gasteiger partial charge in [-0.2, -0.15) is 0 Å². The lowest BCUT2D eigenvalue weighted by molar-refractivity contribution is 0.619. The summed E-state index contributed by atoms with van der Waals surface area (Å²) in [6.07, 6.45) is 0.830. The maximum absolute atomic E-state index is 13.5. The number of nitrogens with two attached hydrogens (primary N) is 1. The molecule has 0 radical (unpaired) electrons. The van der Waals surface area contributed by atoms with Crippen LogP contribution in [-0.4, -0.2) is 0 Å². The van der Waals surface area contributed by atoms with Crippen LogP contribution in [0.2, 0.25) is 0 Å². The van der Waals surface area contributed by atoms with Gasteiger partial charge < -0.3 is 11.1 Å². The van der Waals surface area contributed by atoms with E-state index < -0.39 is 0 Å². The topological polar surface area (TPSA) is 38.0 Å². The predicted molar refractivity (Wildman–Crippen MR) is 78.5 cm³/mol. The van der Waals surface area contributed by atoms with Gasteiger partial charge in [0, 0.05) is 11.7 Å². The van der Waals surface area contributed by atoms with Gasteiger partial charge in [0.25, 0.3) is 0 Å². The van der Waals surface area contributed by atoms with Gasteiger partial charge in [-0.15, -0.1) is 0 Å². The fourth-order valence-electron chi connectivity index (χ4n) is 2.60. The molecule has 98 valence electrons. The molecule has 1 aliphatic rings. The van der Waals surface area contributed by atoms with Crippen molar-refractivity contribution in [3.05, 3.63) is 63.9 Å². The average molecular weight is 321 g/mol. The first-order valence-corrected chi connectivity index (χ1v) is 7.00. The lowest BCUT2D eigenvalue weighted by Gasteiger charge is -2.15. The molecule has 0 heterocycles. The van der Waals surface area contributed by atoms with Crippen LogP contribution < -0.4 is 11.1 Å². The lowest BCUT2D eigenvalue weighted by atomic mass is 10.1. The van der Waals surface area contributed by atoms with Crippen molar-refractivity contribution >= 4 is 21.6 Å². The molecule has 0 fully saturated rings. The van der Waals surface area contributed by atoms with E-state index in [0.717, 1.165) is 12.1 Å². The molecule has 0 saturated heterocycles. The number of anilines is 1. The molecule has 4 heteroatoms. The number of halogens is 2. The van der Waals surface area contributed by atoms with Crippen molar-refractivity contribution in [2.24, 2.45) is 5.73 Å². The van der Waals surface area contributed by atoms with Crippen LogP contribution in [-0.2, 0) is 0 Å². The van der Waals surface area contributed by atoms with E-state index in [0.29, 0.717) is 4.47 Å². The molecule has 0 aliphatic heterocycles. The summed E-state index contributed by atoms with van der Waals surface area (Å²) in [6.45, 7) is 0. The third kappa shape index (κ3) is 2.38. The van der Waals surface area contributed by atoms with Gasteiger partial charge in [0.15, 0.2) is 0 Å². The molecular weight excluding hydrogens is 307 g/mol. The Kier molecular flexibility index (Phi) is 3.29. The van der Waals surface area contributed by atoms with Crippen molar-refractivity contribution in [3.8, 4) is 0 Å². The second-order valence-corrected chi connectivity index (χ2v) is 5.65. The van der Waals surface area contributed by atoms with Crippen LogP contribution in [0.15, 0.2) is 46.9 Å². The SMILES string of the molecule is NC1CC(Nc2ccc(Br)c(F)c2)c2ccccc21. The summed E-state index contributed by atoms with van der Waals surface area (Å²) in [5.74, 6) is -0.263. The molecule has 0 aromatic heterocycles. The Morgan fingerprint density at radius 2 is 1.89 bits per heavy atom. The average Bonchev–Trinajstić information content (AvgIpc) is 2.72. The first-order chi connectivity index (χ1) is 9.15. The Balaban J connectivity index is 1.87. The number of benzene rings is 2. The Labute approximate surface area is 120 Å². The van der Waals surface area contributed by atoms with Crippen molar-refractivity contribution in [1.82, 2.24) is 0 Å². The molecule has 2 nitrogen and oxygen atoms in total. The van der Waals surface area contributed by atoms with Crippen LogP contribution in [0.4, 0.5) is 10.1 Å². The highest BCUT2D eigenvalue weighted by Crippen LogP contribution is 2.39. The van der Waals surface area contributed by atoms with Gasteiger partial charge in [-0.1, -0.05) is 24.3 Å². The molecule has 0 bridgehead atoms. The van der Waals surface area contributed by atoms with Crippen molar-refractivity contribution in [1.29, 1.82) is 0 Å². The van der Waals surface area contributed by atoms with Crippen LogP contribution in [0.3, 0.4) is 0 Å². The monoisotopic (exact) mass is 320 g/mol. The first-order valence-electron chi connectivity index (χ1n) is 6.21. The molecular formula is C15H14BrFN2. The van der Waals surface area contributed by atoms with Gasteiger partial charge in [0.05, 0.1) is 10.5 Å². The van der Waals surface area contributed by atoms with Crippen LogP contribution in [0.1, 0.15) is 29.6 Å². The van der Waals surface area contributed by atoms with Gasteiger partial charge >= 0.3 is 0 Å². The predicted octanol–water partition coefficient (Wildman–Crippen LogP) is 4.14. The van der Waals surface area contributed by atoms with E-state index in [2.05, 4.69) is 33.4 Å². The highest BCUT2D eigenvalue weighted by molar-refractivity contribution is 9.10. The number of hydrogen-bond donors (Lipinski definition) is 2. The summed E-state index contributed by atoms with van der Waals surface area (Å²) in [4.78, 5) is 0. The number of nitrogens with one attached hydrogen (secondary N) is 1. The summed E-state index contributed by atoms with van der Waals surface area (Å²) in [5.41, 5.74) is 9.28. The van der Waals surface area contributed by atoms with Crippen LogP contribution >= 0.6 is 15.9 Å². The van der Waals surface area contributed by atoms with Crippen molar-refractivity contribution < 1.29 is 4.39 Å². The number of hydrogen-bond acceptors (Lipinski definition) is 2. The normalized spacial score (nSPS) is 21.2. The molecule has 2 atom stereocenters. The molecule has 0 saturated carbocycles. The third-order valence-corrected chi connectivity index (χ3v) is 4.16. The molecule has 1 aliphatic carbocycles. The van der Waals surface area contributed by atoms with Crippen molar-refractivity contribution in [2.75, 3.05) is 5.32 Å². The largest absolute Gasteiger partial charge is 0.378 e. The van der Waals surface area contributed by atoms with E-state index in [1.165, 1.54) is 17.2 Å². The summed E-state index contributed by atoms with van der Waals surface area (Å²) in [5, 5.41) is 3.35. The molecule has 2 unspecified atom stereocenters. The third-order valence-electron chi connectivity index (χ3n) is 3.52. The van der Waals surface area contributed by atoms with Gasteiger partial charge in [0.1, 0.15) is 5.82 Å². The second-order valence-electron chi connectivity index (χ2n) is 4.80. The smallest absolute Gasteiger partial charge is 0.139 e. The Morgan fingerprint density at radius 3 is 2.63 bits per heavy atom. The second kappa shape index (κ2) is 4.94. The first kappa shape index (κ1) is 12.6. The molecule has 3 N–H and O–H groups in total. The van der Waals surface area contributed by atoms with E-state index >= 15 is 0 Å². The highest BCUT2D eigenvalue weighted by atomic mass is 79.9. The van der Waals surface area contributed by atoms with E-state index in [1.54, 1.807) is 6.07 Å². The summed E-state index contributed by atoms with van der Waals surface area (Å²) >= 11 is 3.15. The standard InChI is InChI=1S/C15H14BrFN2/c16-12-6-5-9(7-13(12)17)19-15-8-14(18)10-3-1-2-4-11(10)15/h1-7,14-15,19H,8,18H2. The lowest BCUT2D eigenvalue weighted by Crippen LogP contribution is -2.10. The summed E-state index contributed by atoms with van der Waals surface area (Å²) in [7, 11) is 0. The Bertz CT molecular complexity index is 615. The van der Waals surface area contributed by atoms with E-state index in [4.69, 9.17) is 5.73 Å². The van der Waals surface area contributed by atoms with Crippen molar-refractivity contribution in [3.63, 3.8) is 0 Å². The Hall–Kier alpha value is -1.39. The molecule has 0 spiro atoms. The van der Waals surface area contributed by atoms with Gasteiger partial charge in [0.2, 0.25) is 0 Å². The van der Waals surface area contributed by atoms with Crippen molar-refractivity contribution in [2.45, 2.75) is 18.5 Å². The van der Waals surface area contributed by atoms with Gasteiger partial charge in [-0.25, -0.2) is 4.39 Å². The molecule has 0 amide bonds. The van der Waals surface area contributed by atoms with Gasteiger partial charge in [-0.3, -0.25) is 0 Å². The zero-order valence-electron chi connectivity index (χ0n) is 10.2. The number of rotatable bonds is 2. The fourth-order valence-corrected chi connectivity index (χ4v) is 2.84. The fraction of sp³-hybridized carbons (Fsp3) is 0.200. The zero-order chi connectivity index (χ0) is 13.4. The minimum Gasteiger partial charge on any atom is -0.378 e.